The molecule has 1 aliphatic heterocycles. The maximum atomic E-state index is 12.3. The molecule has 1 aromatic carbocycles. The molecule has 1 aliphatic rings. The van der Waals surface area contributed by atoms with Crippen molar-refractivity contribution in [1.29, 1.82) is 0 Å². The van der Waals surface area contributed by atoms with Crippen LogP contribution in [0.1, 0.15) is 20.3 Å². The second kappa shape index (κ2) is 6.91. The van der Waals surface area contributed by atoms with Gasteiger partial charge in [-0.25, -0.2) is 0 Å². The molecule has 0 bridgehead atoms. The van der Waals surface area contributed by atoms with Crippen LogP contribution >= 0.6 is 0 Å². The SMILES string of the molecule is CCNC(C)CS(=O)c1ccc2c(c1)OCCCO2. The molecular weight excluding hydrogens is 262 g/mol. The summed E-state index contributed by atoms with van der Waals surface area (Å²) in [5.41, 5.74) is 0. The largest absolute Gasteiger partial charge is 0.490 e. The third kappa shape index (κ3) is 3.94. The highest BCUT2D eigenvalue weighted by atomic mass is 32.2. The minimum atomic E-state index is -1.02. The standard InChI is InChI=1S/C14H21NO3S/c1-3-15-11(2)10-19(16)12-5-6-13-14(9-12)18-8-4-7-17-13/h5-6,9,11,15H,3-4,7-8,10H2,1-2H3. The molecule has 1 N–H and O–H groups in total. The molecular formula is C14H21NO3S. The van der Waals surface area contributed by atoms with Crippen molar-refractivity contribution >= 4 is 10.8 Å². The maximum absolute atomic E-state index is 12.3. The van der Waals surface area contributed by atoms with Crippen LogP contribution in [0, 0.1) is 0 Å². The zero-order chi connectivity index (χ0) is 13.7. The molecule has 0 saturated heterocycles. The average molecular weight is 283 g/mol. The van der Waals surface area contributed by atoms with Crippen molar-refractivity contribution < 1.29 is 13.7 Å². The highest BCUT2D eigenvalue weighted by Gasteiger charge is 2.14. The van der Waals surface area contributed by atoms with Gasteiger partial charge in [-0.3, -0.25) is 4.21 Å². The van der Waals surface area contributed by atoms with Crippen molar-refractivity contribution in [3.05, 3.63) is 18.2 Å². The van der Waals surface area contributed by atoms with E-state index in [0.29, 0.717) is 24.7 Å². The predicted octanol–water partition coefficient (Wildman–Crippen LogP) is 1.95. The van der Waals surface area contributed by atoms with Gasteiger partial charge in [-0.05, 0) is 25.6 Å². The van der Waals surface area contributed by atoms with Gasteiger partial charge >= 0.3 is 0 Å². The normalized spacial score (nSPS) is 17.6. The Morgan fingerprint density at radius 3 is 2.79 bits per heavy atom. The van der Waals surface area contributed by atoms with Crippen LogP contribution in [0.15, 0.2) is 23.1 Å². The van der Waals surface area contributed by atoms with Gasteiger partial charge in [0.2, 0.25) is 0 Å². The smallest absolute Gasteiger partial charge is 0.162 e. The van der Waals surface area contributed by atoms with Crippen LogP contribution in [-0.2, 0) is 10.8 Å². The van der Waals surface area contributed by atoms with Crippen LogP contribution in [-0.4, -0.2) is 35.8 Å². The van der Waals surface area contributed by atoms with Crippen molar-refractivity contribution in [3.63, 3.8) is 0 Å². The van der Waals surface area contributed by atoms with E-state index in [-0.39, 0.29) is 6.04 Å². The van der Waals surface area contributed by atoms with Crippen molar-refractivity contribution in [1.82, 2.24) is 5.32 Å². The van der Waals surface area contributed by atoms with E-state index < -0.39 is 10.8 Å². The molecule has 2 atom stereocenters. The Morgan fingerprint density at radius 1 is 1.32 bits per heavy atom. The van der Waals surface area contributed by atoms with E-state index >= 15 is 0 Å². The minimum absolute atomic E-state index is 0.238. The average Bonchev–Trinajstić information content (AvgIpc) is 2.63. The fourth-order valence-corrected chi connectivity index (χ4v) is 3.24. The molecule has 5 heteroatoms. The summed E-state index contributed by atoms with van der Waals surface area (Å²) in [4.78, 5) is 0.800. The number of rotatable bonds is 5. The van der Waals surface area contributed by atoms with Crippen LogP contribution in [0.5, 0.6) is 11.5 Å². The first-order chi connectivity index (χ1) is 9.20. The molecule has 0 spiro atoms. The van der Waals surface area contributed by atoms with Gasteiger partial charge in [-0.2, -0.15) is 0 Å². The van der Waals surface area contributed by atoms with E-state index in [1.54, 1.807) is 0 Å². The maximum Gasteiger partial charge on any atom is 0.162 e. The predicted molar refractivity (Wildman–Crippen MR) is 76.5 cm³/mol. The summed E-state index contributed by atoms with van der Waals surface area (Å²) in [5.74, 6) is 2.06. The van der Waals surface area contributed by atoms with Gasteiger partial charge in [-0.1, -0.05) is 6.92 Å². The fraction of sp³-hybridized carbons (Fsp3) is 0.571. The van der Waals surface area contributed by atoms with Gasteiger partial charge in [-0.15, -0.1) is 0 Å². The summed E-state index contributed by atoms with van der Waals surface area (Å²) >= 11 is 0. The lowest BCUT2D eigenvalue weighted by atomic mass is 10.3. The highest BCUT2D eigenvalue weighted by Crippen LogP contribution is 2.31. The summed E-state index contributed by atoms with van der Waals surface area (Å²) < 4.78 is 23.5. The molecule has 0 saturated carbocycles. The number of ether oxygens (including phenoxy) is 2. The zero-order valence-electron chi connectivity index (χ0n) is 11.5. The van der Waals surface area contributed by atoms with Crippen molar-refractivity contribution in [2.24, 2.45) is 0 Å². The van der Waals surface area contributed by atoms with E-state index in [1.165, 1.54) is 0 Å². The minimum Gasteiger partial charge on any atom is -0.490 e. The first kappa shape index (κ1) is 14.3. The monoisotopic (exact) mass is 283 g/mol. The highest BCUT2D eigenvalue weighted by molar-refractivity contribution is 7.85. The molecule has 0 fully saturated rings. The quantitative estimate of drug-likeness (QED) is 0.897. The van der Waals surface area contributed by atoms with Crippen molar-refractivity contribution in [2.45, 2.75) is 31.2 Å². The zero-order valence-corrected chi connectivity index (χ0v) is 12.3. The molecule has 19 heavy (non-hydrogen) atoms. The molecule has 0 radical (unpaired) electrons. The molecule has 4 nitrogen and oxygen atoms in total. The number of nitrogens with one attached hydrogen (secondary N) is 1. The molecule has 0 aliphatic carbocycles. The van der Waals surface area contributed by atoms with E-state index in [9.17, 15) is 4.21 Å². The Morgan fingerprint density at radius 2 is 2.05 bits per heavy atom. The molecule has 1 aromatic rings. The molecule has 2 unspecified atom stereocenters. The molecule has 1 heterocycles. The Bertz CT molecular complexity index is 450. The van der Waals surface area contributed by atoms with Gasteiger partial charge < -0.3 is 14.8 Å². The van der Waals surface area contributed by atoms with Crippen LogP contribution in [0.3, 0.4) is 0 Å². The summed E-state index contributed by atoms with van der Waals surface area (Å²) in [6, 6.07) is 5.80. The second-order valence-electron chi connectivity index (χ2n) is 4.63. The van der Waals surface area contributed by atoms with E-state index in [4.69, 9.17) is 9.47 Å². The Labute approximate surface area is 116 Å². The summed E-state index contributed by atoms with van der Waals surface area (Å²) in [6.07, 6.45) is 0.880. The van der Waals surface area contributed by atoms with Crippen molar-refractivity contribution in [2.75, 3.05) is 25.5 Å². The van der Waals surface area contributed by atoms with E-state index in [0.717, 1.165) is 23.6 Å². The van der Waals surface area contributed by atoms with Gasteiger partial charge in [0.25, 0.3) is 0 Å². The Hall–Kier alpha value is -1.07. The van der Waals surface area contributed by atoms with Crippen LogP contribution < -0.4 is 14.8 Å². The van der Waals surface area contributed by atoms with Crippen molar-refractivity contribution in [3.8, 4) is 11.5 Å². The number of benzene rings is 1. The van der Waals surface area contributed by atoms with Gasteiger partial charge in [0.15, 0.2) is 11.5 Å². The third-order valence-corrected chi connectivity index (χ3v) is 4.52. The Balaban J connectivity index is 2.08. The third-order valence-electron chi connectivity index (χ3n) is 2.94. The molecule has 0 amide bonds. The van der Waals surface area contributed by atoms with Crippen LogP contribution in [0.2, 0.25) is 0 Å². The summed E-state index contributed by atoms with van der Waals surface area (Å²) in [5, 5.41) is 3.27. The molecule has 2 rings (SSSR count). The fourth-order valence-electron chi connectivity index (χ4n) is 2.02. The van der Waals surface area contributed by atoms with Gasteiger partial charge in [0.1, 0.15) is 0 Å². The lowest BCUT2D eigenvalue weighted by Gasteiger charge is -2.13. The van der Waals surface area contributed by atoms with E-state index in [2.05, 4.69) is 5.32 Å². The van der Waals surface area contributed by atoms with Gasteiger partial charge in [0, 0.05) is 29.2 Å². The molecule has 106 valence electrons. The lowest BCUT2D eigenvalue weighted by molar-refractivity contribution is 0.297. The number of hydrogen-bond donors (Lipinski definition) is 1. The van der Waals surface area contributed by atoms with Crippen LogP contribution in [0.25, 0.3) is 0 Å². The lowest BCUT2D eigenvalue weighted by Crippen LogP contribution is -2.30. The Kier molecular flexibility index (Phi) is 5.22. The van der Waals surface area contributed by atoms with Gasteiger partial charge in [0.05, 0.1) is 24.0 Å². The first-order valence-corrected chi connectivity index (χ1v) is 8.04. The number of hydrogen-bond acceptors (Lipinski definition) is 4. The summed E-state index contributed by atoms with van der Waals surface area (Å²) in [6.45, 7) is 6.31. The topological polar surface area (TPSA) is 47.6 Å². The first-order valence-electron chi connectivity index (χ1n) is 6.72. The second-order valence-corrected chi connectivity index (χ2v) is 6.13. The summed E-state index contributed by atoms with van der Waals surface area (Å²) in [7, 11) is -1.02. The number of fused-ring (bicyclic) bond motifs is 1. The molecule has 0 aromatic heterocycles. The van der Waals surface area contributed by atoms with Crippen LogP contribution in [0.4, 0.5) is 0 Å². The van der Waals surface area contributed by atoms with E-state index in [1.807, 2.05) is 32.0 Å².